The van der Waals surface area contributed by atoms with Gasteiger partial charge in [-0.05, 0) is 81.6 Å². The van der Waals surface area contributed by atoms with E-state index < -0.39 is 16.8 Å². The molecule has 0 spiro atoms. The van der Waals surface area contributed by atoms with Gasteiger partial charge in [-0.15, -0.1) is 0 Å². The van der Waals surface area contributed by atoms with Crippen molar-refractivity contribution in [2.45, 2.75) is 85.1 Å². The zero-order valence-corrected chi connectivity index (χ0v) is 27.0. The number of nitro groups is 2. The van der Waals surface area contributed by atoms with Crippen LogP contribution in [0.4, 0.5) is 0 Å². The summed E-state index contributed by atoms with van der Waals surface area (Å²) in [5.41, 5.74) is 8.38. The molecule has 0 aromatic heterocycles. The molecular weight excluding hydrogens is 578 g/mol. The summed E-state index contributed by atoms with van der Waals surface area (Å²) in [4.78, 5) is 43.6. The number of carbonyl (C=O) groups is 2. The number of aliphatic carboxylic acids is 1. The van der Waals surface area contributed by atoms with Crippen molar-refractivity contribution in [3.8, 4) is 0 Å². The molecule has 0 amide bonds. The van der Waals surface area contributed by atoms with Crippen LogP contribution in [-0.2, 0) is 14.3 Å². The minimum atomic E-state index is -0.927. The van der Waals surface area contributed by atoms with Crippen LogP contribution < -0.4 is 5.73 Å². The van der Waals surface area contributed by atoms with E-state index in [1.165, 1.54) is 16.7 Å². The van der Waals surface area contributed by atoms with Gasteiger partial charge < -0.3 is 15.6 Å². The monoisotopic (exact) mass is 627 g/mol. The van der Waals surface area contributed by atoms with Crippen molar-refractivity contribution in [1.29, 1.82) is 0 Å². The predicted octanol–water partition coefficient (Wildman–Crippen LogP) is 6.39. The lowest BCUT2D eigenvalue weighted by atomic mass is 9.53. The van der Waals surface area contributed by atoms with Gasteiger partial charge in [0.1, 0.15) is 0 Å². The largest absolute Gasteiger partial charge is 0.481 e. The molecule has 0 unspecified atom stereocenters. The van der Waals surface area contributed by atoms with Gasteiger partial charge >= 0.3 is 11.9 Å². The predicted molar refractivity (Wildman–Crippen MR) is 170 cm³/mol. The maximum Gasteiger partial charge on any atom is 0.306 e. The van der Waals surface area contributed by atoms with E-state index in [9.17, 15) is 29.8 Å². The van der Waals surface area contributed by atoms with Crippen LogP contribution in [0.1, 0.15) is 90.7 Å². The second-order valence-electron chi connectivity index (χ2n) is 13.2. The maximum atomic E-state index is 11.7. The van der Waals surface area contributed by atoms with Gasteiger partial charge in [0.05, 0.1) is 30.3 Å². The fourth-order valence-corrected chi connectivity index (χ4v) is 8.02. The second-order valence-corrected chi connectivity index (χ2v) is 13.2. The fraction of sp³-hybridized carbons (Fsp3) is 0.647. The number of esters is 1. The fourth-order valence-electron chi connectivity index (χ4n) is 8.02. The molecule has 11 heteroatoms. The van der Waals surface area contributed by atoms with Crippen LogP contribution in [0.5, 0.6) is 0 Å². The molecule has 3 N–H and O–H groups in total. The van der Waals surface area contributed by atoms with Crippen LogP contribution in [0.2, 0.25) is 0 Å². The third-order valence-electron chi connectivity index (χ3n) is 10.1. The van der Waals surface area contributed by atoms with Crippen LogP contribution in [0.25, 0.3) is 0 Å². The number of nitrogens with two attached hydrogens (primary N) is 1. The molecule has 4 aliphatic carbocycles. The molecule has 248 valence electrons. The first kappa shape index (κ1) is 35.9. The van der Waals surface area contributed by atoms with E-state index in [2.05, 4.69) is 26.0 Å². The van der Waals surface area contributed by atoms with Gasteiger partial charge in [-0.25, -0.2) is 0 Å². The maximum absolute atomic E-state index is 11.7. The molecule has 11 nitrogen and oxygen atoms in total. The summed E-state index contributed by atoms with van der Waals surface area (Å²) in [6.07, 6.45) is 9.85. The Morgan fingerprint density at radius 3 is 1.73 bits per heavy atom. The van der Waals surface area contributed by atoms with E-state index in [0.717, 1.165) is 32.1 Å². The lowest BCUT2D eigenvalue weighted by Gasteiger charge is -2.49. The number of nitrogens with zero attached hydrogens (tertiary/aromatic N) is 2. The molecule has 4 aliphatic rings. The van der Waals surface area contributed by atoms with Crippen LogP contribution in [0.15, 0.2) is 53.6 Å². The molecule has 1 aromatic rings. The Bertz CT molecular complexity index is 1260. The normalized spacial score (nSPS) is 29.4. The Morgan fingerprint density at radius 1 is 0.911 bits per heavy atom. The summed E-state index contributed by atoms with van der Waals surface area (Å²) in [5, 5.41) is 30.6. The summed E-state index contributed by atoms with van der Waals surface area (Å²) in [6.45, 7) is 7.91. The highest BCUT2D eigenvalue weighted by atomic mass is 16.6. The van der Waals surface area contributed by atoms with E-state index in [0.29, 0.717) is 24.9 Å². The lowest BCUT2D eigenvalue weighted by molar-refractivity contribution is -0.506. The first-order chi connectivity index (χ1) is 21.3. The number of hydrogen-bond donors (Lipinski definition) is 2. The zero-order valence-electron chi connectivity index (χ0n) is 27.0. The van der Waals surface area contributed by atoms with Crippen molar-refractivity contribution in [3.05, 3.63) is 79.4 Å². The van der Waals surface area contributed by atoms with E-state index in [4.69, 9.17) is 15.6 Å². The molecule has 0 aliphatic heterocycles. The average Bonchev–Trinajstić information content (AvgIpc) is 3.50. The van der Waals surface area contributed by atoms with Gasteiger partial charge in [0.2, 0.25) is 13.1 Å². The molecule has 2 saturated carbocycles. The van der Waals surface area contributed by atoms with Crippen molar-refractivity contribution < 1.29 is 29.3 Å². The highest BCUT2D eigenvalue weighted by Crippen LogP contribution is 2.61. The van der Waals surface area contributed by atoms with Crippen molar-refractivity contribution in [2.24, 2.45) is 40.2 Å². The first-order valence-corrected chi connectivity index (χ1v) is 16.1. The summed E-state index contributed by atoms with van der Waals surface area (Å²) in [7, 11) is 0. The first-order valence-electron chi connectivity index (χ1n) is 16.1. The Hall–Kier alpha value is -3.60. The lowest BCUT2D eigenvalue weighted by Crippen LogP contribution is -2.51. The van der Waals surface area contributed by atoms with Gasteiger partial charge in [-0.2, -0.15) is 0 Å². The minimum Gasteiger partial charge on any atom is -0.481 e. The van der Waals surface area contributed by atoms with Crippen molar-refractivity contribution in [2.75, 3.05) is 19.7 Å². The molecule has 0 radical (unpaired) electrons. The topological polar surface area (TPSA) is 176 Å². The number of carboxylic acids is 1. The quantitative estimate of drug-likeness (QED) is 0.115. The SMILES string of the molecule is CCC1=C[C@@H]2[C@H](C1)C[C@@]2(CC(=O)O)C[N+](=O)[O-].CCOC(=O)C[C@@]1(C[N+](=O)[O-])C[C@H]2CC(CC)=C[C@H]21.C[C@@H](N)c1ccccc1. The molecule has 5 rings (SSSR count). The van der Waals surface area contributed by atoms with Gasteiger partial charge in [0, 0.05) is 15.9 Å². The number of carbonyl (C=O) groups excluding carboxylic acids is 1. The summed E-state index contributed by atoms with van der Waals surface area (Å²) in [6, 6.07) is 10.2. The Balaban J connectivity index is 0.000000195. The number of ether oxygens (including phenoxy) is 1. The van der Waals surface area contributed by atoms with Gasteiger partial charge in [-0.1, -0.05) is 67.5 Å². The van der Waals surface area contributed by atoms with Gasteiger partial charge in [0.15, 0.2) is 0 Å². The summed E-state index contributed by atoms with van der Waals surface area (Å²) in [5.74, 6) is 0.0228. The van der Waals surface area contributed by atoms with E-state index in [1.54, 1.807) is 6.92 Å². The minimum absolute atomic E-state index is 0.0807. The smallest absolute Gasteiger partial charge is 0.306 e. The van der Waals surface area contributed by atoms with Crippen molar-refractivity contribution in [3.63, 3.8) is 0 Å². The average molecular weight is 628 g/mol. The number of benzene rings is 1. The molecule has 2 fully saturated rings. The molecule has 1 aromatic carbocycles. The molecule has 0 bridgehead atoms. The van der Waals surface area contributed by atoms with E-state index in [-0.39, 0.29) is 59.6 Å². The van der Waals surface area contributed by atoms with Gasteiger partial charge in [0.25, 0.3) is 0 Å². The van der Waals surface area contributed by atoms with E-state index in [1.807, 2.05) is 37.3 Å². The molecule has 0 heterocycles. The van der Waals surface area contributed by atoms with Crippen LogP contribution in [-0.4, -0.2) is 46.6 Å². The van der Waals surface area contributed by atoms with Crippen LogP contribution >= 0.6 is 0 Å². The third-order valence-corrected chi connectivity index (χ3v) is 10.1. The van der Waals surface area contributed by atoms with Crippen LogP contribution in [0.3, 0.4) is 0 Å². The number of carboxylic acid groups (broad SMARTS) is 1. The molecule has 0 saturated heterocycles. The molecule has 45 heavy (non-hydrogen) atoms. The van der Waals surface area contributed by atoms with Gasteiger partial charge in [-0.3, -0.25) is 29.8 Å². The Kier molecular flexibility index (Phi) is 12.4. The molecular formula is C34H49N3O8. The summed E-state index contributed by atoms with van der Waals surface area (Å²) < 4.78 is 4.97. The standard InChI is InChI=1S/C14H21NO4.C12H17NO4.C8H11N/c1-3-10-5-11-7-14(9-15(17)18,12(11)6-10)8-13(16)19-4-2;1-2-8-3-9-5-12(6-11(14)15,7-13(16)17)10(9)4-8;1-7(9)8-5-3-2-4-6-8/h6,11-12H,3-5,7-9H2,1-2H3;4,9-10H,2-3,5-7H2,1H3,(H,14,15);2-7H,9H2,1H3/t11-,12-,14-;9-,10-,12-;7-/m111/s1. The number of fused-ring (bicyclic) bond motifs is 2. The highest BCUT2D eigenvalue weighted by Gasteiger charge is 2.59. The highest BCUT2D eigenvalue weighted by molar-refractivity contribution is 5.71. The summed E-state index contributed by atoms with van der Waals surface area (Å²) >= 11 is 0. The van der Waals surface area contributed by atoms with Crippen LogP contribution in [0, 0.1) is 54.7 Å². The second kappa shape index (κ2) is 15.6. The number of allylic oxidation sites excluding steroid dienone is 4. The van der Waals surface area contributed by atoms with Crippen molar-refractivity contribution in [1.82, 2.24) is 0 Å². The Labute approximate surface area is 265 Å². The number of hydrogen-bond acceptors (Lipinski definition) is 8. The Morgan fingerprint density at radius 2 is 1.38 bits per heavy atom. The number of rotatable bonds is 12. The van der Waals surface area contributed by atoms with Crippen molar-refractivity contribution >= 4 is 11.9 Å². The van der Waals surface area contributed by atoms with E-state index >= 15 is 0 Å². The zero-order chi connectivity index (χ0) is 33.4. The molecule has 7 atom stereocenters. The third kappa shape index (κ3) is 8.99.